The van der Waals surface area contributed by atoms with Gasteiger partial charge in [0.15, 0.2) is 31.1 Å². The highest BCUT2D eigenvalue weighted by molar-refractivity contribution is 5.87. The molecule has 3 heterocycles. The zero-order valence-corrected chi connectivity index (χ0v) is 52.4. The van der Waals surface area contributed by atoms with Gasteiger partial charge >= 0.3 is 17.9 Å². The first-order valence-electron chi connectivity index (χ1n) is 31.7. The fourth-order valence-corrected chi connectivity index (χ4v) is 17.3. The van der Waals surface area contributed by atoms with Gasteiger partial charge in [0, 0.05) is 16.9 Å². The minimum absolute atomic E-state index is 0.0509. The number of aliphatic hydroxyl groups excluding tert-OH is 11. The second kappa shape index (κ2) is 26.4. The highest BCUT2D eigenvalue weighted by Crippen LogP contribution is 2.76. The van der Waals surface area contributed by atoms with E-state index in [9.17, 15) is 70.6 Å². The molecule has 0 bridgehead atoms. The quantitative estimate of drug-likeness (QED) is 0.0236. The average Bonchev–Trinajstić information content (AvgIpc) is 0.690. The Labute approximate surface area is 515 Å². The van der Waals surface area contributed by atoms with Crippen molar-refractivity contribution in [3.63, 3.8) is 0 Å². The molecule has 9 rings (SSSR count). The van der Waals surface area contributed by atoms with Crippen LogP contribution in [0.5, 0.6) is 0 Å². The van der Waals surface area contributed by atoms with Gasteiger partial charge in [-0.2, -0.15) is 0 Å². The number of carbonyl (C=O) groups excluding carboxylic acids is 3. The van der Waals surface area contributed by atoms with Gasteiger partial charge in [0.05, 0.1) is 56.1 Å². The van der Waals surface area contributed by atoms with Gasteiger partial charge in [-0.3, -0.25) is 4.79 Å². The highest BCUT2D eigenvalue weighted by Gasteiger charge is 2.76. The molecule has 88 heavy (non-hydrogen) atoms. The topological polar surface area (TPSA) is 357 Å². The summed E-state index contributed by atoms with van der Waals surface area (Å²) in [6, 6.07) is 9.20. The summed E-state index contributed by atoms with van der Waals surface area (Å²) in [5.74, 6) is -3.80. The summed E-state index contributed by atoms with van der Waals surface area (Å²) < 4.78 is 55.7. The Balaban J connectivity index is 1.04. The van der Waals surface area contributed by atoms with Gasteiger partial charge in [-0.05, 0) is 97.0 Å². The minimum Gasteiger partial charge on any atom is -0.464 e. The third-order valence-electron chi connectivity index (χ3n) is 22.8. The first-order valence-corrected chi connectivity index (χ1v) is 31.7. The monoisotopic (exact) mass is 1250 g/mol. The molecular weight excluding hydrogens is 1150 g/mol. The molecule has 0 aromatic heterocycles. The van der Waals surface area contributed by atoms with Crippen LogP contribution in [0.1, 0.15) is 133 Å². The Morgan fingerprint density at radius 2 is 1.32 bits per heavy atom. The van der Waals surface area contributed by atoms with E-state index < -0.39 is 199 Å². The lowest BCUT2D eigenvalue weighted by atomic mass is 9.32. The number of hydrogen-bond acceptors (Lipinski definition) is 23. The number of unbranched alkanes of at least 4 members (excludes halogenated alkanes) is 1. The molecule has 23 heteroatoms. The van der Waals surface area contributed by atoms with Crippen molar-refractivity contribution in [2.75, 3.05) is 26.4 Å². The number of rotatable bonds is 19. The maximum absolute atomic E-state index is 14.2. The molecular formula is C65H98O23. The molecule has 8 aliphatic rings. The standard InChI is InChI=1S/C65H98O23/c1-11-13-27-80-56(79)50-48(85-57-45(73)43(71)37(30-67)82-57)47(75)49(86-58-46(74)44(72)42(70)36(29-66)81-58)59(87-50)83-40-24-25-62(8)38(61(40,6)7)23-26-63(9)39(62)21-20-34-35-28-60(4,5)53(84-41(69)22-19-33-17-15-14-16-18-33)54(88-55(78)32(3)12-2)65(35,31-68)52(77)51(76)64(34,63)10/h14-20,22,32,35-40,42-54,57-59,66-68,70-77H,11-13,21,23-31H2,1-10H3/b22-19+/t32?,35-,36+,37+,38?,39+,40-,42+,43+,44-,45-,46+,47-,48-,49+,50-,51-,52+,53-,54-,57+,58-,59+,62-,63+,64-,65-/m0/s1. The summed E-state index contributed by atoms with van der Waals surface area (Å²) in [6.45, 7) is 17.6. The molecule has 2 unspecified atom stereocenters. The van der Waals surface area contributed by atoms with Crippen LogP contribution in [-0.4, -0.2) is 217 Å². The Hall–Kier alpha value is -3.57. The Kier molecular flexibility index (Phi) is 20.7. The van der Waals surface area contributed by atoms with Crippen molar-refractivity contribution in [3.8, 4) is 0 Å². The van der Waals surface area contributed by atoms with Crippen molar-refractivity contribution in [2.24, 2.45) is 56.2 Å². The van der Waals surface area contributed by atoms with Crippen LogP contribution in [0.15, 0.2) is 48.1 Å². The van der Waals surface area contributed by atoms with Gasteiger partial charge in [0.25, 0.3) is 0 Å². The average molecular weight is 1250 g/mol. The number of carbonyl (C=O) groups is 3. The van der Waals surface area contributed by atoms with Gasteiger partial charge in [0.2, 0.25) is 0 Å². The van der Waals surface area contributed by atoms with Crippen molar-refractivity contribution in [3.05, 3.63) is 53.6 Å². The van der Waals surface area contributed by atoms with Crippen LogP contribution < -0.4 is 0 Å². The van der Waals surface area contributed by atoms with Gasteiger partial charge in [-0.25, -0.2) is 9.59 Å². The van der Waals surface area contributed by atoms with E-state index in [1.807, 2.05) is 65.0 Å². The van der Waals surface area contributed by atoms with E-state index >= 15 is 0 Å². The number of ether oxygens (including phenoxy) is 9. The molecule has 1 aromatic carbocycles. The molecule has 0 amide bonds. The van der Waals surface area contributed by atoms with E-state index in [1.165, 1.54) is 6.08 Å². The fraction of sp³-hybridized carbons (Fsp3) is 0.800. The Morgan fingerprint density at radius 3 is 1.93 bits per heavy atom. The molecule has 5 aliphatic carbocycles. The van der Waals surface area contributed by atoms with Crippen molar-refractivity contribution in [1.29, 1.82) is 0 Å². The van der Waals surface area contributed by atoms with Crippen LogP contribution in [-0.2, 0) is 57.0 Å². The summed E-state index contributed by atoms with van der Waals surface area (Å²) >= 11 is 0. The molecule has 7 fully saturated rings. The number of benzene rings is 1. The second-order valence-electron chi connectivity index (χ2n) is 28.4. The maximum Gasteiger partial charge on any atom is 0.338 e. The Morgan fingerprint density at radius 1 is 0.693 bits per heavy atom. The van der Waals surface area contributed by atoms with Gasteiger partial charge in [-0.1, -0.05) is 118 Å². The highest BCUT2D eigenvalue weighted by atomic mass is 16.8. The SMILES string of the molecule is CCCCOC(=O)[C@H]1O[C@@H](O[C@H]2CC[C@@]3(C)C(CC[C@]4(C)[C@@H]3CC=C3[C@@H]5CC(C)(C)[C@@H](OC(=O)/C=C/c6ccccc6)[C@H](OC(=O)C(C)CC)[C@]5(CO)[C@H](O)[C@H](O)[C@]34C)C2(C)C)[C@H](O[C@@H]2O[C@H](CO)[C@@H](O)[C@H](O)[C@H]2O)[C@@H](O)[C@@H]1O[C@H]1O[C@H](CO)[C@@H](O)[C@@H]1O. The molecule has 1 aromatic rings. The van der Waals surface area contributed by atoms with Crippen molar-refractivity contribution in [2.45, 2.75) is 244 Å². The molecule has 23 nitrogen and oxygen atoms in total. The molecule has 27 atom stereocenters. The largest absolute Gasteiger partial charge is 0.464 e. The van der Waals surface area contributed by atoms with E-state index in [0.717, 1.165) is 11.1 Å². The minimum atomic E-state index is -1.99. The van der Waals surface area contributed by atoms with Crippen molar-refractivity contribution < 1.29 is 113 Å². The first kappa shape index (κ1) is 68.8. The molecule has 0 spiro atoms. The third kappa shape index (κ3) is 11.7. The zero-order chi connectivity index (χ0) is 64.4. The van der Waals surface area contributed by atoms with Crippen LogP contribution in [0.25, 0.3) is 6.08 Å². The van der Waals surface area contributed by atoms with E-state index in [-0.39, 0.29) is 24.9 Å². The molecule has 3 saturated heterocycles. The van der Waals surface area contributed by atoms with E-state index in [0.29, 0.717) is 51.4 Å². The van der Waals surface area contributed by atoms with Gasteiger partial charge in [0.1, 0.15) is 67.1 Å². The first-order chi connectivity index (χ1) is 41.5. The van der Waals surface area contributed by atoms with E-state index in [2.05, 4.69) is 33.8 Å². The molecule has 496 valence electrons. The van der Waals surface area contributed by atoms with Crippen molar-refractivity contribution in [1.82, 2.24) is 0 Å². The van der Waals surface area contributed by atoms with Crippen LogP contribution in [0.4, 0.5) is 0 Å². The zero-order valence-electron chi connectivity index (χ0n) is 52.4. The van der Waals surface area contributed by atoms with Gasteiger partial charge < -0.3 is 98.8 Å². The molecule has 4 saturated carbocycles. The normalized spacial score (nSPS) is 45.6. The number of allylic oxidation sites excluding steroid dienone is 1. The number of hydrogen-bond donors (Lipinski definition) is 11. The van der Waals surface area contributed by atoms with Gasteiger partial charge in [-0.15, -0.1) is 0 Å². The summed E-state index contributed by atoms with van der Waals surface area (Å²) in [5, 5.41) is 125. The summed E-state index contributed by atoms with van der Waals surface area (Å²) in [7, 11) is 0. The van der Waals surface area contributed by atoms with E-state index in [4.69, 9.17) is 42.6 Å². The Bertz CT molecular complexity index is 2650. The lowest BCUT2D eigenvalue weighted by Crippen LogP contribution is -2.76. The second-order valence-corrected chi connectivity index (χ2v) is 28.4. The number of esters is 3. The third-order valence-corrected chi connectivity index (χ3v) is 22.8. The lowest BCUT2D eigenvalue weighted by molar-refractivity contribution is -0.383. The number of aliphatic hydroxyl groups is 11. The van der Waals surface area contributed by atoms with Crippen LogP contribution in [0, 0.1) is 56.2 Å². The predicted octanol–water partition coefficient (Wildman–Crippen LogP) is 2.35. The molecule has 3 aliphatic heterocycles. The fourth-order valence-electron chi connectivity index (χ4n) is 17.3. The molecule has 11 N–H and O–H groups in total. The van der Waals surface area contributed by atoms with Crippen LogP contribution in [0.2, 0.25) is 0 Å². The predicted molar refractivity (Wildman–Crippen MR) is 311 cm³/mol. The maximum atomic E-state index is 14.2. The van der Waals surface area contributed by atoms with Crippen LogP contribution in [0.3, 0.4) is 0 Å². The summed E-state index contributed by atoms with van der Waals surface area (Å²) in [5.41, 5.74) is -4.12. The smallest absolute Gasteiger partial charge is 0.338 e. The van der Waals surface area contributed by atoms with Crippen molar-refractivity contribution >= 4 is 24.0 Å². The van der Waals surface area contributed by atoms with Crippen LogP contribution >= 0.6 is 0 Å². The lowest BCUT2D eigenvalue weighted by Gasteiger charge is -2.73. The molecule has 0 radical (unpaired) electrons. The van der Waals surface area contributed by atoms with E-state index in [1.54, 1.807) is 13.0 Å². The number of fused-ring (bicyclic) bond motifs is 7. The summed E-state index contributed by atoms with van der Waals surface area (Å²) in [6.07, 6.45) is -21.5. The summed E-state index contributed by atoms with van der Waals surface area (Å²) in [4.78, 5) is 42.1.